The first-order valence-corrected chi connectivity index (χ1v) is 7.02. The quantitative estimate of drug-likeness (QED) is 0.634. The maximum atomic E-state index is 6.15. The summed E-state index contributed by atoms with van der Waals surface area (Å²) in [7, 11) is 0. The highest BCUT2D eigenvalue weighted by molar-refractivity contribution is 6.35. The van der Waals surface area contributed by atoms with E-state index in [4.69, 9.17) is 33.8 Å². The molecule has 1 unspecified atom stereocenters. The Morgan fingerprint density at radius 2 is 1.85 bits per heavy atom. The monoisotopic (exact) mass is 310 g/mol. The number of ether oxygens (including phenoxy) is 1. The zero-order valence-electron chi connectivity index (χ0n) is 10.9. The third kappa shape index (κ3) is 4.39. The Labute approximate surface area is 128 Å². The molecule has 0 aliphatic rings. The number of benzene rings is 2. The summed E-state index contributed by atoms with van der Waals surface area (Å²) in [5.74, 6) is 6.38. The van der Waals surface area contributed by atoms with Gasteiger partial charge in [-0.2, -0.15) is 0 Å². The van der Waals surface area contributed by atoms with Crippen molar-refractivity contribution in [2.45, 2.75) is 12.5 Å². The molecule has 3 nitrogen and oxygen atoms in total. The first-order chi connectivity index (χ1) is 9.69. The highest BCUT2D eigenvalue weighted by atomic mass is 35.5. The summed E-state index contributed by atoms with van der Waals surface area (Å²) in [6.07, 6.45) is 0.666. The standard InChI is InChI=1S/C15H16Cl2N2O/c16-12-7-6-11(15(17)9-12)8-13(19-18)10-20-14-4-2-1-3-5-14/h1-7,9,13,19H,8,10,18H2. The summed E-state index contributed by atoms with van der Waals surface area (Å²) >= 11 is 12.0. The SMILES string of the molecule is NNC(COc1ccccc1)Cc1ccc(Cl)cc1Cl. The molecule has 0 aliphatic carbocycles. The Morgan fingerprint density at radius 1 is 1.10 bits per heavy atom. The van der Waals surface area contributed by atoms with E-state index in [-0.39, 0.29) is 6.04 Å². The van der Waals surface area contributed by atoms with Crippen molar-refractivity contribution >= 4 is 23.2 Å². The van der Waals surface area contributed by atoms with Gasteiger partial charge in [-0.05, 0) is 36.2 Å². The van der Waals surface area contributed by atoms with Crippen LogP contribution in [0.3, 0.4) is 0 Å². The van der Waals surface area contributed by atoms with E-state index in [0.29, 0.717) is 23.1 Å². The highest BCUT2D eigenvalue weighted by Crippen LogP contribution is 2.22. The van der Waals surface area contributed by atoms with Crippen LogP contribution < -0.4 is 16.0 Å². The molecule has 0 aromatic heterocycles. The molecule has 106 valence electrons. The third-order valence-electron chi connectivity index (χ3n) is 2.91. The summed E-state index contributed by atoms with van der Waals surface area (Å²) in [6, 6.07) is 15.0. The number of rotatable bonds is 6. The van der Waals surface area contributed by atoms with E-state index >= 15 is 0 Å². The van der Waals surface area contributed by atoms with Crippen LogP contribution in [0.25, 0.3) is 0 Å². The first kappa shape index (κ1) is 15.1. The minimum atomic E-state index is -0.0334. The van der Waals surface area contributed by atoms with E-state index in [2.05, 4.69) is 5.43 Å². The van der Waals surface area contributed by atoms with Gasteiger partial charge in [-0.1, -0.05) is 47.5 Å². The number of nitrogens with one attached hydrogen (secondary N) is 1. The van der Waals surface area contributed by atoms with Crippen molar-refractivity contribution in [3.8, 4) is 5.75 Å². The predicted octanol–water partition coefficient (Wildman–Crippen LogP) is 3.45. The normalized spacial score (nSPS) is 12.2. The molecule has 0 heterocycles. The van der Waals surface area contributed by atoms with Gasteiger partial charge in [-0.3, -0.25) is 11.3 Å². The Bertz CT molecular complexity index is 549. The summed E-state index contributed by atoms with van der Waals surface area (Å²) in [6.45, 7) is 0.458. The molecule has 3 N–H and O–H groups in total. The summed E-state index contributed by atoms with van der Waals surface area (Å²) in [4.78, 5) is 0. The minimum absolute atomic E-state index is 0.0334. The second-order valence-corrected chi connectivity index (χ2v) is 5.27. The highest BCUT2D eigenvalue weighted by Gasteiger charge is 2.11. The molecule has 2 aromatic carbocycles. The maximum absolute atomic E-state index is 6.15. The predicted molar refractivity (Wildman–Crippen MR) is 83.2 cm³/mol. The van der Waals surface area contributed by atoms with Crippen LogP contribution in [0.2, 0.25) is 10.0 Å². The smallest absolute Gasteiger partial charge is 0.119 e. The number of halogens is 2. The molecule has 0 aliphatic heterocycles. The minimum Gasteiger partial charge on any atom is -0.492 e. The molecular weight excluding hydrogens is 295 g/mol. The summed E-state index contributed by atoms with van der Waals surface area (Å²) < 4.78 is 5.68. The Balaban J connectivity index is 1.95. The Hall–Kier alpha value is -1.26. The fourth-order valence-corrected chi connectivity index (χ4v) is 2.32. The molecule has 0 saturated heterocycles. The summed E-state index contributed by atoms with van der Waals surface area (Å²) in [5.41, 5.74) is 3.73. The molecule has 0 radical (unpaired) electrons. The number of hydrazine groups is 1. The van der Waals surface area contributed by atoms with Gasteiger partial charge in [0.15, 0.2) is 0 Å². The van der Waals surface area contributed by atoms with Gasteiger partial charge in [0.1, 0.15) is 12.4 Å². The molecule has 0 bridgehead atoms. The van der Waals surface area contributed by atoms with Crippen molar-refractivity contribution < 1.29 is 4.74 Å². The van der Waals surface area contributed by atoms with Crippen LogP contribution in [-0.2, 0) is 6.42 Å². The lowest BCUT2D eigenvalue weighted by Crippen LogP contribution is -2.41. The van der Waals surface area contributed by atoms with Crippen LogP contribution in [0.1, 0.15) is 5.56 Å². The van der Waals surface area contributed by atoms with Gasteiger partial charge in [-0.25, -0.2) is 0 Å². The molecule has 1 atom stereocenters. The van der Waals surface area contributed by atoms with Gasteiger partial charge >= 0.3 is 0 Å². The van der Waals surface area contributed by atoms with Gasteiger partial charge in [-0.15, -0.1) is 0 Å². The zero-order valence-corrected chi connectivity index (χ0v) is 12.4. The lowest BCUT2D eigenvalue weighted by Gasteiger charge is -2.17. The maximum Gasteiger partial charge on any atom is 0.119 e. The van der Waals surface area contributed by atoms with Crippen LogP contribution >= 0.6 is 23.2 Å². The fraction of sp³-hybridized carbons (Fsp3) is 0.200. The lowest BCUT2D eigenvalue weighted by molar-refractivity contribution is 0.264. The van der Waals surface area contributed by atoms with E-state index in [1.54, 1.807) is 6.07 Å². The number of para-hydroxylation sites is 1. The fourth-order valence-electron chi connectivity index (χ4n) is 1.83. The van der Waals surface area contributed by atoms with Crippen molar-refractivity contribution in [3.05, 3.63) is 64.1 Å². The number of nitrogens with two attached hydrogens (primary N) is 1. The van der Waals surface area contributed by atoms with Gasteiger partial charge in [0, 0.05) is 10.0 Å². The van der Waals surface area contributed by atoms with Crippen LogP contribution in [0.15, 0.2) is 48.5 Å². The molecule has 0 amide bonds. The van der Waals surface area contributed by atoms with Crippen LogP contribution in [0.4, 0.5) is 0 Å². The molecule has 0 saturated carbocycles. The molecular formula is C15H16Cl2N2O. The molecule has 2 rings (SSSR count). The second-order valence-electron chi connectivity index (χ2n) is 4.43. The van der Waals surface area contributed by atoms with Gasteiger partial charge in [0.2, 0.25) is 0 Å². The average molecular weight is 311 g/mol. The zero-order chi connectivity index (χ0) is 14.4. The van der Waals surface area contributed by atoms with E-state index < -0.39 is 0 Å². The van der Waals surface area contributed by atoms with E-state index in [1.165, 1.54) is 0 Å². The van der Waals surface area contributed by atoms with E-state index in [0.717, 1.165) is 11.3 Å². The average Bonchev–Trinajstić information content (AvgIpc) is 2.46. The first-order valence-electron chi connectivity index (χ1n) is 6.27. The van der Waals surface area contributed by atoms with Crippen molar-refractivity contribution in [2.75, 3.05) is 6.61 Å². The third-order valence-corrected chi connectivity index (χ3v) is 3.50. The van der Waals surface area contributed by atoms with Crippen molar-refractivity contribution in [1.82, 2.24) is 5.43 Å². The van der Waals surface area contributed by atoms with Crippen molar-refractivity contribution in [1.29, 1.82) is 0 Å². The van der Waals surface area contributed by atoms with E-state index in [9.17, 15) is 0 Å². The van der Waals surface area contributed by atoms with Crippen molar-refractivity contribution in [3.63, 3.8) is 0 Å². The largest absolute Gasteiger partial charge is 0.492 e. The van der Waals surface area contributed by atoms with Gasteiger partial charge in [0.05, 0.1) is 6.04 Å². The van der Waals surface area contributed by atoms with Gasteiger partial charge in [0.25, 0.3) is 0 Å². The summed E-state index contributed by atoms with van der Waals surface area (Å²) in [5, 5.41) is 1.26. The lowest BCUT2D eigenvalue weighted by atomic mass is 10.1. The Morgan fingerprint density at radius 3 is 2.50 bits per heavy atom. The molecule has 2 aromatic rings. The second kappa shape index (κ2) is 7.50. The van der Waals surface area contributed by atoms with Crippen LogP contribution in [-0.4, -0.2) is 12.6 Å². The molecule has 0 spiro atoms. The van der Waals surface area contributed by atoms with Crippen LogP contribution in [0.5, 0.6) is 5.75 Å². The van der Waals surface area contributed by atoms with Crippen LogP contribution in [0, 0.1) is 0 Å². The van der Waals surface area contributed by atoms with Crippen molar-refractivity contribution in [2.24, 2.45) is 5.84 Å². The van der Waals surface area contributed by atoms with E-state index in [1.807, 2.05) is 42.5 Å². The number of hydrogen-bond acceptors (Lipinski definition) is 3. The van der Waals surface area contributed by atoms with Gasteiger partial charge < -0.3 is 4.74 Å². The Kier molecular flexibility index (Phi) is 5.68. The molecule has 20 heavy (non-hydrogen) atoms. The number of hydrogen-bond donors (Lipinski definition) is 2. The molecule has 0 fully saturated rings. The topological polar surface area (TPSA) is 47.3 Å². The molecule has 5 heteroatoms.